The number of benzene rings is 4. The van der Waals surface area contributed by atoms with Gasteiger partial charge in [0.2, 0.25) is 29.5 Å². The second-order valence-electron chi connectivity index (χ2n) is 27.4. The highest BCUT2D eigenvalue weighted by Crippen LogP contribution is 2.41. The SMILES string of the molecule is CCc1c2c(nc3cc(OC(=O)N(C)CCN(C)C(=O)OCc4ccc(NCC(CCCNC(N)=O)NC(=O)C(NC(=O)CCCC(=O)NCCOCCOCCOCCOCCC(=O)NCCC(=O)N5Cc6ccccc6C=Cc6ccccc65)C(C)C)cc4)ccc13)-c1cc3c(c(=O)n1C2)COC(=O)C3(O)CC. The first kappa shape index (κ1) is 83.3. The Morgan fingerprint density at radius 2 is 1.34 bits per heavy atom. The van der Waals surface area contributed by atoms with Crippen LogP contribution in [0.15, 0.2) is 102 Å². The summed E-state index contributed by atoms with van der Waals surface area (Å²) in [5.41, 5.74) is 12.0. The van der Waals surface area contributed by atoms with Crippen LogP contribution in [-0.4, -0.2) is 196 Å². The summed E-state index contributed by atoms with van der Waals surface area (Å²) in [5, 5.41) is 29.5. The number of nitrogens with zero attached hydrogens (tertiary/aromatic N) is 5. The van der Waals surface area contributed by atoms with E-state index in [1.807, 2.05) is 81.4 Å². The number of likely N-dealkylation sites (N-methyl/N-ethyl adjacent to an activating group) is 2. The number of aromatic nitrogens is 2. The first-order valence-electron chi connectivity index (χ1n) is 37.4. The minimum absolute atomic E-state index is 0.0109. The maximum absolute atomic E-state index is 13.8. The lowest BCUT2D eigenvalue weighted by atomic mass is 9.86. The number of para-hydroxylation sites is 1. The van der Waals surface area contributed by atoms with E-state index in [0.29, 0.717) is 93.6 Å². The molecule has 0 radical (unpaired) electrons. The third-order valence-corrected chi connectivity index (χ3v) is 19.2. The fourth-order valence-electron chi connectivity index (χ4n) is 12.9. The van der Waals surface area contributed by atoms with E-state index >= 15 is 0 Å². The number of rotatable bonds is 41. The maximum atomic E-state index is 13.8. The number of carbonyl (C=O) groups excluding carboxylic acids is 9. The molecule has 110 heavy (non-hydrogen) atoms. The average molecular weight is 1520 g/mol. The highest BCUT2D eigenvalue weighted by atomic mass is 16.6. The van der Waals surface area contributed by atoms with E-state index in [2.05, 4.69) is 38.0 Å². The number of ether oxygens (including phenoxy) is 7. The van der Waals surface area contributed by atoms with Crippen LogP contribution in [0, 0.1) is 5.92 Å². The average Bonchev–Trinajstić information content (AvgIpc) is 1.53. The molecule has 3 unspecified atom stereocenters. The number of aliphatic hydroxyl groups is 1. The van der Waals surface area contributed by atoms with Crippen LogP contribution >= 0.6 is 0 Å². The number of aryl methyl sites for hydroxylation is 1. The van der Waals surface area contributed by atoms with Gasteiger partial charge in [-0.05, 0) is 102 Å². The number of fused-ring (bicyclic) bond motifs is 7. The zero-order chi connectivity index (χ0) is 78.7. The minimum Gasteiger partial charge on any atom is -0.458 e. The van der Waals surface area contributed by atoms with Gasteiger partial charge in [-0.25, -0.2) is 24.2 Å². The molecule has 4 aromatic carbocycles. The lowest BCUT2D eigenvalue weighted by Crippen LogP contribution is -2.53. The van der Waals surface area contributed by atoms with Gasteiger partial charge in [0.15, 0.2) is 5.60 Å². The Morgan fingerprint density at radius 3 is 2.05 bits per heavy atom. The molecule has 6 aromatic rings. The second kappa shape index (κ2) is 41.1. The fraction of sp³-hybridized carbons (Fsp3) is 0.463. The number of urea groups is 1. The number of nitrogens with two attached hydrogens (primary N) is 1. The third-order valence-electron chi connectivity index (χ3n) is 19.2. The molecule has 590 valence electrons. The van der Waals surface area contributed by atoms with Crippen molar-refractivity contribution in [2.75, 3.05) is 116 Å². The van der Waals surface area contributed by atoms with Crippen LogP contribution in [0.2, 0.25) is 0 Å². The van der Waals surface area contributed by atoms with E-state index in [1.165, 1.54) is 16.8 Å². The van der Waals surface area contributed by atoms with E-state index < -0.39 is 47.8 Å². The third kappa shape index (κ3) is 23.1. The largest absolute Gasteiger partial charge is 0.458 e. The van der Waals surface area contributed by atoms with Crippen LogP contribution in [0.4, 0.5) is 25.8 Å². The van der Waals surface area contributed by atoms with Gasteiger partial charge in [0.1, 0.15) is 25.0 Å². The lowest BCUT2D eigenvalue weighted by Gasteiger charge is -2.31. The molecule has 3 atom stereocenters. The van der Waals surface area contributed by atoms with Gasteiger partial charge in [0.05, 0.1) is 94.1 Å². The van der Waals surface area contributed by atoms with Crippen molar-refractivity contribution in [2.45, 2.75) is 129 Å². The molecule has 30 heteroatoms. The van der Waals surface area contributed by atoms with Crippen LogP contribution in [0.3, 0.4) is 0 Å². The van der Waals surface area contributed by atoms with Crippen molar-refractivity contribution in [2.24, 2.45) is 11.7 Å². The number of pyridine rings is 2. The van der Waals surface area contributed by atoms with Crippen LogP contribution in [-0.2, 0) is 95.5 Å². The van der Waals surface area contributed by atoms with Crippen molar-refractivity contribution < 1.29 is 81.4 Å². The molecule has 0 bridgehead atoms. The second-order valence-corrected chi connectivity index (χ2v) is 27.4. The number of hydrogen-bond donors (Lipinski definition) is 8. The van der Waals surface area contributed by atoms with Crippen LogP contribution in [0.1, 0.15) is 124 Å². The molecule has 0 saturated heterocycles. The van der Waals surface area contributed by atoms with Crippen LogP contribution in [0.25, 0.3) is 34.4 Å². The van der Waals surface area contributed by atoms with Gasteiger partial charge in [0.25, 0.3) is 5.56 Å². The van der Waals surface area contributed by atoms with Gasteiger partial charge in [-0.15, -0.1) is 0 Å². The van der Waals surface area contributed by atoms with Gasteiger partial charge in [-0.2, -0.15) is 0 Å². The number of nitrogens with one attached hydrogen (secondary N) is 6. The molecule has 2 aromatic heterocycles. The molecule has 0 saturated carbocycles. The van der Waals surface area contributed by atoms with Crippen molar-refractivity contribution in [1.82, 2.24) is 45.9 Å². The molecule has 0 aliphatic carbocycles. The summed E-state index contributed by atoms with van der Waals surface area (Å²) >= 11 is 0. The minimum atomic E-state index is -1.97. The Hall–Kier alpha value is -10.8. The molecule has 9 amide bonds. The Morgan fingerprint density at radius 1 is 0.682 bits per heavy atom. The zero-order valence-corrected chi connectivity index (χ0v) is 63.4. The van der Waals surface area contributed by atoms with E-state index in [-0.39, 0.29) is 163 Å². The molecule has 0 spiro atoms. The highest BCUT2D eigenvalue weighted by Gasteiger charge is 2.46. The molecule has 0 fully saturated rings. The number of primary amides is 1. The number of carbonyl (C=O) groups is 9. The van der Waals surface area contributed by atoms with E-state index in [9.17, 15) is 53.1 Å². The lowest BCUT2D eigenvalue weighted by molar-refractivity contribution is -0.172. The monoisotopic (exact) mass is 1520 g/mol. The van der Waals surface area contributed by atoms with Crippen molar-refractivity contribution >= 4 is 88.2 Å². The summed E-state index contributed by atoms with van der Waals surface area (Å²) < 4.78 is 40.4. The number of cyclic esters (lactones) is 1. The van der Waals surface area contributed by atoms with Gasteiger partial charge in [-0.3, -0.25) is 28.8 Å². The van der Waals surface area contributed by atoms with Crippen molar-refractivity contribution in [1.29, 1.82) is 0 Å². The van der Waals surface area contributed by atoms with Crippen molar-refractivity contribution in [3.8, 4) is 17.1 Å². The van der Waals surface area contributed by atoms with Gasteiger partial charge < -0.3 is 95.2 Å². The van der Waals surface area contributed by atoms with Crippen LogP contribution < -0.4 is 52.8 Å². The normalized spacial score (nSPS) is 14.4. The van der Waals surface area contributed by atoms with E-state index in [4.69, 9.17) is 43.9 Å². The highest BCUT2D eigenvalue weighted by molar-refractivity contribution is 5.98. The van der Waals surface area contributed by atoms with Crippen molar-refractivity contribution in [3.05, 3.63) is 152 Å². The molecule has 5 heterocycles. The Kier molecular flexibility index (Phi) is 31.1. The standard InChI is InChI=1S/C80H102N12O18/c1-7-60-61-29-28-59(45-65(61)87-73-62(60)49-92-67(73)46-64-63(75(92)98)51-108-76(99)80(64,103)8-2)110-79(102)90(6)36-35-89(5)78(101)109-50-53-22-26-57(27-23-53)85-47-58(18-14-32-84-77(81)100)86-74(97)72(52(3)4)88-70(95)21-13-20-68(93)83-34-38-105-40-42-107-44-43-106-41-39-104-37-31-69(94)82-33-30-71(96)91-48-56-17-10-9-15-54(56)24-25-55-16-11-12-19-66(55)91/h9-12,15-17,19,22-29,45-46,52,58,72,85,103H,7-8,13-14,18,20-21,30-44,47-51H2,1-6H3,(H,82,94)(H,83,93)(H,86,97)(H,88,95)(H3,81,84,100). The number of anilines is 2. The summed E-state index contributed by atoms with van der Waals surface area (Å²) in [7, 11) is 3.08. The Labute approximate surface area is 639 Å². The van der Waals surface area contributed by atoms with Gasteiger partial charge >= 0.3 is 24.2 Å². The molecule has 3 aliphatic rings. The van der Waals surface area contributed by atoms with Gasteiger partial charge in [0, 0.05) is 113 Å². The summed E-state index contributed by atoms with van der Waals surface area (Å²) in [5.74, 6) is -2.22. The Balaban J connectivity index is 0.599. The fourth-order valence-corrected chi connectivity index (χ4v) is 12.9. The molecule has 9 rings (SSSR count). The van der Waals surface area contributed by atoms with Crippen molar-refractivity contribution in [3.63, 3.8) is 0 Å². The van der Waals surface area contributed by atoms with E-state index in [0.717, 1.165) is 38.9 Å². The predicted octanol–water partition coefficient (Wildman–Crippen LogP) is 6.79. The number of hydrogen-bond acceptors (Lipinski definition) is 20. The van der Waals surface area contributed by atoms with E-state index in [1.54, 1.807) is 65.9 Å². The first-order valence-corrected chi connectivity index (χ1v) is 37.4. The number of esters is 1. The smallest absolute Gasteiger partial charge is 0.415 e. The summed E-state index contributed by atoms with van der Waals surface area (Å²) in [6, 6.07) is 27.7. The molecule has 30 nitrogen and oxygen atoms in total. The van der Waals surface area contributed by atoms with Crippen LogP contribution in [0.5, 0.6) is 5.75 Å². The number of amides is 9. The summed E-state index contributed by atoms with van der Waals surface area (Å²) in [6.07, 6.45) is 4.95. The maximum Gasteiger partial charge on any atom is 0.415 e. The van der Waals surface area contributed by atoms with Gasteiger partial charge in [-0.1, -0.05) is 94.4 Å². The quantitative estimate of drug-likeness (QED) is 0.0144. The topological polar surface area (TPSA) is 381 Å². The zero-order valence-electron chi connectivity index (χ0n) is 63.4. The predicted molar refractivity (Wildman–Crippen MR) is 411 cm³/mol. The molecular formula is C80H102N12O18. The Bertz CT molecular complexity index is 4320. The summed E-state index contributed by atoms with van der Waals surface area (Å²) in [4.78, 5) is 139. The first-order chi connectivity index (χ1) is 53.0. The summed E-state index contributed by atoms with van der Waals surface area (Å²) in [6.45, 7) is 11.3. The molecule has 3 aliphatic heterocycles. The molecule has 9 N–H and O–H groups in total. The molecular weight excluding hydrogens is 1420 g/mol.